The van der Waals surface area contributed by atoms with Crippen LogP contribution in [0.25, 0.3) is 0 Å². The average Bonchev–Trinajstić information content (AvgIpc) is 2.59. The lowest BCUT2D eigenvalue weighted by Gasteiger charge is -2.47. The van der Waals surface area contributed by atoms with Gasteiger partial charge in [0.1, 0.15) is 11.1 Å². The third-order valence-electron chi connectivity index (χ3n) is 4.73. The van der Waals surface area contributed by atoms with Gasteiger partial charge in [0.15, 0.2) is 6.29 Å². The number of hydrogen-bond donors (Lipinski definition) is 2. The molecule has 1 aromatic carbocycles. The number of pyridine rings is 1. The van der Waals surface area contributed by atoms with E-state index in [9.17, 15) is 4.79 Å². The zero-order chi connectivity index (χ0) is 19.8. The van der Waals surface area contributed by atoms with E-state index in [2.05, 4.69) is 10.3 Å². The van der Waals surface area contributed by atoms with Gasteiger partial charge in [0.05, 0.1) is 0 Å². The van der Waals surface area contributed by atoms with Crippen molar-refractivity contribution >= 4 is 23.0 Å². The molecule has 27 heavy (non-hydrogen) atoms. The summed E-state index contributed by atoms with van der Waals surface area (Å²) in [5.41, 5.74) is -1.86. The van der Waals surface area contributed by atoms with E-state index >= 15 is 8.78 Å². The second-order valence-electron chi connectivity index (χ2n) is 6.35. The molecular weight excluding hydrogens is 378 g/mol. The van der Waals surface area contributed by atoms with Gasteiger partial charge < -0.3 is 19.8 Å². The number of halogens is 3. The van der Waals surface area contributed by atoms with E-state index < -0.39 is 23.2 Å². The molecule has 0 bridgehead atoms. The lowest BCUT2D eigenvalue weighted by Crippen LogP contribution is -2.57. The highest BCUT2D eigenvalue weighted by atomic mass is 35.5. The molecule has 0 spiro atoms. The van der Waals surface area contributed by atoms with E-state index in [4.69, 9.17) is 21.1 Å². The summed E-state index contributed by atoms with van der Waals surface area (Å²) >= 11 is 6.15. The lowest BCUT2D eigenvalue weighted by molar-refractivity contribution is -0.220. The number of alkyl halides is 2. The van der Waals surface area contributed by atoms with Crippen molar-refractivity contribution < 1.29 is 18.3 Å². The van der Waals surface area contributed by atoms with Crippen molar-refractivity contribution in [2.75, 3.05) is 18.5 Å². The van der Waals surface area contributed by atoms with Gasteiger partial charge in [-0.15, -0.1) is 0 Å². The number of anilines is 2. The minimum absolute atomic E-state index is 0.0400. The largest absolute Gasteiger partial charge is 0.351 e. The molecular formula is C19H21ClF2N2O3. The molecule has 0 aliphatic carbocycles. The first-order valence-electron chi connectivity index (χ1n) is 8.67. The number of rotatable bonds is 6. The van der Waals surface area contributed by atoms with Gasteiger partial charge in [-0.1, -0.05) is 11.6 Å². The van der Waals surface area contributed by atoms with Gasteiger partial charge >= 0.3 is 0 Å². The number of hydrogen-bond acceptors (Lipinski definition) is 4. The topological polar surface area (TPSA) is 63.4 Å². The number of nitrogens with one attached hydrogen (secondary N) is 2. The number of H-pyrrole nitrogens is 1. The molecule has 0 saturated carbocycles. The first kappa shape index (κ1) is 19.8. The summed E-state index contributed by atoms with van der Waals surface area (Å²) in [6.07, 6.45) is 0.0146. The Labute approximate surface area is 160 Å². The lowest BCUT2D eigenvalue weighted by atomic mass is 9.66. The highest BCUT2D eigenvalue weighted by Crippen LogP contribution is 2.55. The van der Waals surface area contributed by atoms with Crippen LogP contribution in [0.5, 0.6) is 0 Å². The van der Waals surface area contributed by atoms with E-state index in [0.717, 1.165) is 6.92 Å². The Morgan fingerprint density at radius 3 is 2.44 bits per heavy atom. The monoisotopic (exact) mass is 398 g/mol. The standard InChI is InChI=1S/C19H21ClF2N2O3/c1-4-26-17(27-5-2)19(18(3,21)22)12-8-9-23-16(25)15(12)24-14-7-6-11(20)10-13(14)19/h6-10,17,24H,4-5H2,1-3H3,(H,23,25). The van der Waals surface area contributed by atoms with Gasteiger partial charge in [-0.25, -0.2) is 8.78 Å². The fourth-order valence-electron chi connectivity index (χ4n) is 3.70. The molecule has 2 N–H and O–H groups in total. The van der Waals surface area contributed by atoms with E-state index in [1.54, 1.807) is 26.0 Å². The molecule has 146 valence electrons. The van der Waals surface area contributed by atoms with Crippen molar-refractivity contribution in [3.63, 3.8) is 0 Å². The fraction of sp³-hybridized carbons (Fsp3) is 0.421. The van der Waals surface area contributed by atoms with Crippen LogP contribution in [0.1, 0.15) is 31.9 Å². The van der Waals surface area contributed by atoms with Crippen LogP contribution in [-0.2, 0) is 14.9 Å². The maximum atomic E-state index is 15.4. The summed E-state index contributed by atoms with van der Waals surface area (Å²) in [7, 11) is 0. The molecule has 1 aliphatic rings. The van der Waals surface area contributed by atoms with Gasteiger partial charge in [0, 0.05) is 42.6 Å². The van der Waals surface area contributed by atoms with Crippen LogP contribution in [0.4, 0.5) is 20.2 Å². The van der Waals surface area contributed by atoms with Gasteiger partial charge in [-0.3, -0.25) is 4.79 Å². The summed E-state index contributed by atoms with van der Waals surface area (Å²) in [5.74, 6) is -3.34. The third-order valence-corrected chi connectivity index (χ3v) is 4.97. The number of ether oxygens (including phenoxy) is 2. The van der Waals surface area contributed by atoms with E-state index in [-0.39, 0.29) is 30.0 Å². The zero-order valence-corrected chi connectivity index (χ0v) is 16.0. The Bertz CT molecular complexity index is 891. The van der Waals surface area contributed by atoms with Crippen LogP contribution in [0, 0.1) is 0 Å². The Morgan fingerprint density at radius 2 is 1.85 bits per heavy atom. The highest BCUT2D eigenvalue weighted by Gasteiger charge is 2.62. The average molecular weight is 399 g/mol. The molecule has 0 fully saturated rings. The van der Waals surface area contributed by atoms with E-state index in [1.165, 1.54) is 18.3 Å². The smallest absolute Gasteiger partial charge is 0.271 e. The summed E-state index contributed by atoms with van der Waals surface area (Å²) in [6, 6.07) is 6.07. The third kappa shape index (κ3) is 3.03. The molecule has 1 unspecified atom stereocenters. The maximum Gasteiger partial charge on any atom is 0.271 e. The first-order chi connectivity index (χ1) is 12.8. The number of aromatic amines is 1. The molecule has 2 heterocycles. The van der Waals surface area contributed by atoms with E-state index in [1.807, 2.05) is 0 Å². The number of benzene rings is 1. The molecule has 0 saturated heterocycles. The Morgan fingerprint density at radius 1 is 1.19 bits per heavy atom. The number of fused-ring (bicyclic) bond motifs is 2. The van der Waals surface area contributed by atoms with Crippen LogP contribution in [-0.4, -0.2) is 30.4 Å². The SMILES string of the molecule is CCOC(OCC)C1(C(C)(F)F)c2cc(Cl)ccc2Nc2c1cc[nH]c2=O. The second-order valence-corrected chi connectivity index (χ2v) is 6.79. The molecule has 0 amide bonds. The molecule has 5 nitrogen and oxygen atoms in total. The molecule has 8 heteroatoms. The zero-order valence-electron chi connectivity index (χ0n) is 15.2. The van der Waals surface area contributed by atoms with Gasteiger partial charge in [-0.05, 0) is 43.7 Å². The van der Waals surface area contributed by atoms with Crippen LogP contribution < -0.4 is 10.9 Å². The van der Waals surface area contributed by atoms with E-state index in [0.29, 0.717) is 10.7 Å². The predicted octanol–water partition coefficient (Wildman–Crippen LogP) is 4.43. The van der Waals surface area contributed by atoms with Gasteiger partial charge in [0.25, 0.3) is 11.5 Å². The van der Waals surface area contributed by atoms with Crippen molar-refractivity contribution in [1.82, 2.24) is 4.98 Å². The van der Waals surface area contributed by atoms with Crippen molar-refractivity contribution in [3.05, 3.63) is 57.0 Å². The molecule has 0 radical (unpaired) electrons. The normalized spacial score (nSPS) is 18.8. The van der Waals surface area contributed by atoms with Crippen molar-refractivity contribution in [1.29, 1.82) is 0 Å². The summed E-state index contributed by atoms with van der Waals surface area (Å²) in [4.78, 5) is 14.9. The molecule has 1 aromatic heterocycles. The van der Waals surface area contributed by atoms with Crippen molar-refractivity contribution in [2.45, 2.75) is 38.4 Å². The summed E-state index contributed by atoms with van der Waals surface area (Å²) in [5, 5.41) is 3.25. The van der Waals surface area contributed by atoms with Crippen molar-refractivity contribution in [2.24, 2.45) is 0 Å². The number of aromatic nitrogens is 1. The van der Waals surface area contributed by atoms with Crippen LogP contribution >= 0.6 is 11.6 Å². The second kappa shape index (κ2) is 7.22. The van der Waals surface area contributed by atoms with Gasteiger partial charge in [0.2, 0.25) is 0 Å². The quantitative estimate of drug-likeness (QED) is 0.707. The Balaban J connectivity index is 2.46. The first-order valence-corrected chi connectivity index (χ1v) is 9.05. The fourth-order valence-corrected chi connectivity index (χ4v) is 3.87. The minimum Gasteiger partial charge on any atom is -0.351 e. The van der Waals surface area contributed by atoms with Crippen LogP contribution in [0.15, 0.2) is 35.3 Å². The molecule has 1 aliphatic heterocycles. The highest BCUT2D eigenvalue weighted by molar-refractivity contribution is 6.30. The van der Waals surface area contributed by atoms with Crippen LogP contribution in [0.3, 0.4) is 0 Å². The van der Waals surface area contributed by atoms with Crippen LogP contribution in [0.2, 0.25) is 5.02 Å². The van der Waals surface area contributed by atoms with Gasteiger partial charge in [-0.2, -0.15) is 0 Å². The maximum absolute atomic E-state index is 15.4. The minimum atomic E-state index is -3.34. The summed E-state index contributed by atoms with van der Waals surface area (Å²) in [6.45, 7) is 4.52. The molecule has 3 rings (SSSR count). The summed E-state index contributed by atoms with van der Waals surface area (Å²) < 4.78 is 42.2. The molecule has 2 aromatic rings. The van der Waals surface area contributed by atoms with Crippen molar-refractivity contribution in [3.8, 4) is 0 Å². The Hall–Kier alpha value is -1.96. The predicted molar refractivity (Wildman–Crippen MR) is 100 cm³/mol. The Kier molecular flexibility index (Phi) is 5.29. The molecule has 1 atom stereocenters.